The molecule has 20 heavy (non-hydrogen) atoms. The Bertz CT molecular complexity index is 467. The maximum Gasteiger partial charge on any atom is 0.180 e. The van der Waals surface area contributed by atoms with Crippen molar-refractivity contribution in [3.05, 3.63) is 29.8 Å². The lowest BCUT2D eigenvalue weighted by atomic mass is 10.0. The van der Waals surface area contributed by atoms with Crippen molar-refractivity contribution in [2.24, 2.45) is 0 Å². The number of nitrogens with zero attached hydrogens (tertiary/aromatic N) is 1. The van der Waals surface area contributed by atoms with Gasteiger partial charge in [0.15, 0.2) is 5.78 Å². The third-order valence-electron chi connectivity index (χ3n) is 3.92. The highest BCUT2D eigenvalue weighted by atomic mass is 16.5. The normalized spacial score (nSPS) is 17.4. The van der Waals surface area contributed by atoms with Crippen LogP contribution in [0.2, 0.25) is 0 Å². The predicted octanol–water partition coefficient (Wildman–Crippen LogP) is 2.11. The van der Waals surface area contributed by atoms with Crippen LogP contribution in [0.1, 0.15) is 36.0 Å². The fraction of sp³-hybridized carbons (Fsp3) is 0.562. The summed E-state index contributed by atoms with van der Waals surface area (Å²) in [6, 6.07) is 7.25. The van der Waals surface area contributed by atoms with Crippen LogP contribution in [0.15, 0.2) is 24.3 Å². The lowest BCUT2D eigenvalue weighted by Gasteiger charge is -2.28. The molecule has 1 saturated carbocycles. The van der Waals surface area contributed by atoms with Crippen LogP contribution in [0, 0.1) is 0 Å². The highest BCUT2D eigenvalue weighted by molar-refractivity contribution is 6.00. The molecule has 1 fully saturated rings. The molecule has 4 nitrogen and oxygen atoms in total. The van der Waals surface area contributed by atoms with Crippen LogP contribution in [-0.4, -0.2) is 48.6 Å². The summed E-state index contributed by atoms with van der Waals surface area (Å²) in [5.41, 5.74) is -0.0178. The first kappa shape index (κ1) is 15.0. The minimum absolute atomic E-state index is 0.0200. The van der Waals surface area contributed by atoms with Crippen LogP contribution in [0.5, 0.6) is 5.75 Å². The van der Waals surface area contributed by atoms with Crippen molar-refractivity contribution in [1.82, 2.24) is 4.90 Å². The molecule has 1 aliphatic carbocycles. The molecule has 1 aromatic rings. The van der Waals surface area contributed by atoms with Gasteiger partial charge in [0.1, 0.15) is 5.75 Å². The zero-order chi connectivity index (χ0) is 14.6. The fourth-order valence-corrected chi connectivity index (χ4v) is 2.95. The van der Waals surface area contributed by atoms with E-state index in [1.165, 1.54) is 0 Å². The van der Waals surface area contributed by atoms with Gasteiger partial charge in [0.2, 0.25) is 0 Å². The quantitative estimate of drug-likeness (QED) is 0.809. The molecule has 0 heterocycles. The van der Waals surface area contributed by atoms with Crippen molar-refractivity contribution in [1.29, 1.82) is 0 Å². The number of likely N-dealkylation sites (N-methyl/N-ethyl adjacent to an activating group) is 1. The van der Waals surface area contributed by atoms with Gasteiger partial charge in [-0.25, -0.2) is 0 Å². The van der Waals surface area contributed by atoms with Crippen molar-refractivity contribution in [3.8, 4) is 5.75 Å². The zero-order valence-electron chi connectivity index (χ0n) is 12.3. The van der Waals surface area contributed by atoms with E-state index in [2.05, 4.69) is 0 Å². The van der Waals surface area contributed by atoms with E-state index in [1.54, 1.807) is 19.2 Å². The number of carbonyl (C=O) groups excluding carboxylic acids is 1. The summed E-state index contributed by atoms with van der Waals surface area (Å²) in [5.74, 6) is 0.622. The summed E-state index contributed by atoms with van der Waals surface area (Å²) < 4.78 is 5.21. The summed E-state index contributed by atoms with van der Waals surface area (Å²) >= 11 is 0. The van der Waals surface area contributed by atoms with Gasteiger partial charge >= 0.3 is 0 Å². The van der Waals surface area contributed by atoms with Gasteiger partial charge in [-0.05, 0) is 32.0 Å². The van der Waals surface area contributed by atoms with Crippen LogP contribution in [-0.2, 0) is 0 Å². The number of benzene rings is 1. The van der Waals surface area contributed by atoms with Crippen molar-refractivity contribution in [2.45, 2.75) is 31.3 Å². The number of para-hydroxylation sites is 1. The lowest BCUT2D eigenvalue weighted by Crippen LogP contribution is -2.41. The van der Waals surface area contributed by atoms with Crippen LogP contribution < -0.4 is 4.74 Å². The molecular weight excluding hydrogens is 254 g/mol. The maximum atomic E-state index is 12.3. The van der Waals surface area contributed by atoms with Crippen LogP contribution in [0.25, 0.3) is 0 Å². The van der Waals surface area contributed by atoms with E-state index >= 15 is 0 Å². The van der Waals surface area contributed by atoms with E-state index < -0.39 is 5.60 Å². The van der Waals surface area contributed by atoms with E-state index in [4.69, 9.17) is 4.74 Å². The van der Waals surface area contributed by atoms with Gasteiger partial charge in [0.05, 0.1) is 24.8 Å². The van der Waals surface area contributed by atoms with Crippen LogP contribution in [0.3, 0.4) is 0 Å². The lowest BCUT2D eigenvalue weighted by molar-refractivity contribution is 0.0172. The number of Topliss-reactive ketones (excluding diaryl/α,β-unsaturated/α-hetero) is 1. The Hall–Kier alpha value is -1.39. The standard InChI is InChI=1S/C16H23NO3/c1-17(12-16(19)9-5-6-10-16)11-14(18)13-7-3-4-8-15(13)20-2/h3-4,7-8,19H,5-6,9-12H2,1-2H3. The number of methoxy groups -OCH3 is 1. The Labute approximate surface area is 120 Å². The molecule has 0 aliphatic heterocycles. The first-order chi connectivity index (χ1) is 9.54. The molecule has 0 radical (unpaired) electrons. The van der Waals surface area contributed by atoms with E-state index in [9.17, 15) is 9.90 Å². The predicted molar refractivity (Wildman–Crippen MR) is 78.2 cm³/mol. The molecule has 4 heteroatoms. The molecule has 0 bridgehead atoms. The Kier molecular flexibility index (Phi) is 4.78. The molecule has 110 valence electrons. The van der Waals surface area contributed by atoms with Crippen LogP contribution in [0.4, 0.5) is 0 Å². The van der Waals surface area contributed by atoms with Crippen molar-refractivity contribution < 1.29 is 14.6 Å². The Morgan fingerprint density at radius 2 is 2.00 bits per heavy atom. The maximum absolute atomic E-state index is 12.3. The molecular formula is C16H23NO3. The number of hydrogen-bond acceptors (Lipinski definition) is 4. The molecule has 1 aliphatic rings. The van der Waals surface area contributed by atoms with Gasteiger partial charge in [0.25, 0.3) is 0 Å². The molecule has 2 rings (SSSR count). The molecule has 0 atom stereocenters. The third kappa shape index (κ3) is 3.58. The number of hydrogen-bond donors (Lipinski definition) is 1. The number of aliphatic hydroxyl groups is 1. The van der Waals surface area contributed by atoms with E-state index in [-0.39, 0.29) is 5.78 Å². The first-order valence-electron chi connectivity index (χ1n) is 7.11. The molecule has 0 amide bonds. The summed E-state index contributed by atoms with van der Waals surface area (Å²) in [5, 5.41) is 10.4. The molecule has 1 N–H and O–H groups in total. The minimum atomic E-state index is -0.615. The third-order valence-corrected chi connectivity index (χ3v) is 3.92. The summed E-state index contributed by atoms with van der Waals surface area (Å²) in [7, 11) is 3.45. The van der Waals surface area contributed by atoms with Crippen LogP contribution >= 0.6 is 0 Å². The summed E-state index contributed by atoms with van der Waals surface area (Å²) in [4.78, 5) is 14.2. The molecule has 0 spiro atoms. The molecule has 1 aromatic carbocycles. The first-order valence-corrected chi connectivity index (χ1v) is 7.11. The number of ether oxygens (including phenoxy) is 1. The second kappa shape index (κ2) is 6.37. The fourth-order valence-electron chi connectivity index (χ4n) is 2.95. The number of ketones is 1. The highest BCUT2D eigenvalue weighted by Crippen LogP contribution is 2.30. The van der Waals surface area contributed by atoms with E-state index in [0.717, 1.165) is 25.7 Å². The second-order valence-electron chi connectivity index (χ2n) is 5.73. The van der Waals surface area contributed by atoms with Gasteiger partial charge in [-0.2, -0.15) is 0 Å². The second-order valence-corrected chi connectivity index (χ2v) is 5.73. The SMILES string of the molecule is COc1ccccc1C(=O)CN(C)CC1(O)CCCC1. The minimum Gasteiger partial charge on any atom is -0.496 e. The average molecular weight is 277 g/mol. The monoisotopic (exact) mass is 277 g/mol. The largest absolute Gasteiger partial charge is 0.496 e. The smallest absolute Gasteiger partial charge is 0.180 e. The number of rotatable bonds is 6. The topological polar surface area (TPSA) is 49.8 Å². The van der Waals surface area contributed by atoms with Gasteiger partial charge in [-0.1, -0.05) is 25.0 Å². The Morgan fingerprint density at radius 1 is 1.35 bits per heavy atom. The summed E-state index contributed by atoms with van der Waals surface area (Å²) in [6.45, 7) is 0.844. The Balaban J connectivity index is 1.97. The Morgan fingerprint density at radius 3 is 2.65 bits per heavy atom. The van der Waals surface area contributed by atoms with Crippen molar-refractivity contribution in [2.75, 3.05) is 27.2 Å². The highest BCUT2D eigenvalue weighted by Gasteiger charge is 2.32. The number of carbonyl (C=O) groups is 1. The van der Waals surface area contributed by atoms with E-state index in [1.807, 2.05) is 24.1 Å². The van der Waals surface area contributed by atoms with Gasteiger partial charge in [-0.3, -0.25) is 9.69 Å². The van der Waals surface area contributed by atoms with Gasteiger partial charge in [-0.15, -0.1) is 0 Å². The van der Waals surface area contributed by atoms with Gasteiger partial charge < -0.3 is 9.84 Å². The van der Waals surface area contributed by atoms with Crippen molar-refractivity contribution >= 4 is 5.78 Å². The molecule has 0 unspecified atom stereocenters. The average Bonchev–Trinajstić information content (AvgIpc) is 2.84. The molecule has 0 aromatic heterocycles. The zero-order valence-corrected chi connectivity index (χ0v) is 12.3. The van der Waals surface area contributed by atoms with Gasteiger partial charge in [0, 0.05) is 6.54 Å². The summed E-state index contributed by atoms with van der Waals surface area (Å²) in [6.07, 6.45) is 3.82. The van der Waals surface area contributed by atoms with E-state index in [0.29, 0.717) is 24.4 Å². The molecule has 0 saturated heterocycles. The van der Waals surface area contributed by atoms with Crippen molar-refractivity contribution in [3.63, 3.8) is 0 Å².